The van der Waals surface area contributed by atoms with Crippen molar-refractivity contribution in [2.45, 2.75) is 18.8 Å². The van der Waals surface area contributed by atoms with Gasteiger partial charge in [0.05, 0.1) is 18.6 Å². The Bertz CT molecular complexity index is 1210. The van der Waals surface area contributed by atoms with Crippen molar-refractivity contribution in [1.82, 2.24) is 10.2 Å². The van der Waals surface area contributed by atoms with Gasteiger partial charge in [0, 0.05) is 0 Å². The number of methoxy groups -OCH3 is 1. The number of nitrogens with zero attached hydrogens (tertiary/aromatic N) is 2. The zero-order chi connectivity index (χ0) is 21.6. The second kappa shape index (κ2) is 9.53. The molecule has 31 heavy (non-hydrogen) atoms. The molecule has 8 heteroatoms. The molecule has 1 N–H and O–H groups in total. The minimum Gasteiger partial charge on any atom is -0.495 e. The molecule has 0 radical (unpaired) electrons. The Morgan fingerprint density at radius 2 is 1.90 bits per heavy atom. The third-order valence-electron chi connectivity index (χ3n) is 4.49. The molecule has 1 aromatic heterocycles. The Morgan fingerprint density at radius 3 is 2.74 bits per heavy atom. The van der Waals surface area contributed by atoms with Gasteiger partial charge in [-0.05, 0) is 47.5 Å². The number of ether oxygens (including phenoxy) is 2. The summed E-state index contributed by atoms with van der Waals surface area (Å²) in [5.41, 5.74) is 1.65. The average Bonchev–Trinajstić information content (AvgIpc) is 3.24. The molecule has 0 atom stereocenters. The molecule has 0 saturated heterocycles. The number of carbonyl (C=O) groups excluding carboxylic acids is 1. The van der Waals surface area contributed by atoms with Crippen LogP contribution in [0, 0.1) is 6.92 Å². The van der Waals surface area contributed by atoms with E-state index in [1.165, 1.54) is 0 Å². The maximum atomic E-state index is 12.3. The van der Waals surface area contributed by atoms with Crippen LogP contribution in [0.15, 0.2) is 70.3 Å². The fourth-order valence-corrected chi connectivity index (χ4v) is 3.57. The fourth-order valence-electron chi connectivity index (χ4n) is 2.99. The van der Waals surface area contributed by atoms with Crippen LogP contribution in [0.3, 0.4) is 0 Å². The van der Waals surface area contributed by atoms with E-state index < -0.39 is 0 Å². The van der Waals surface area contributed by atoms with Crippen LogP contribution >= 0.6 is 11.8 Å². The third kappa shape index (κ3) is 5.35. The first kappa shape index (κ1) is 20.7. The summed E-state index contributed by atoms with van der Waals surface area (Å²) in [6, 6.07) is 19.5. The van der Waals surface area contributed by atoms with E-state index in [9.17, 15) is 4.79 Å². The molecule has 1 heterocycles. The van der Waals surface area contributed by atoms with E-state index in [1.54, 1.807) is 7.11 Å². The Balaban J connectivity index is 1.29. The number of fused-ring (bicyclic) bond motifs is 1. The van der Waals surface area contributed by atoms with Gasteiger partial charge in [-0.1, -0.05) is 48.2 Å². The largest absolute Gasteiger partial charge is 0.495 e. The molecule has 4 rings (SSSR count). The Morgan fingerprint density at radius 1 is 1.06 bits per heavy atom. The van der Waals surface area contributed by atoms with E-state index in [0.29, 0.717) is 22.6 Å². The summed E-state index contributed by atoms with van der Waals surface area (Å²) in [5.74, 6) is 1.61. The summed E-state index contributed by atoms with van der Waals surface area (Å²) < 4.78 is 16.6. The lowest BCUT2D eigenvalue weighted by atomic mass is 10.1. The van der Waals surface area contributed by atoms with Crippen LogP contribution in [0.5, 0.6) is 11.5 Å². The smallest absolute Gasteiger partial charge is 0.277 e. The number of hydrogen-bond acceptors (Lipinski definition) is 7. The van der Waals surface area contributed by atoms with Gasteiger partial charge in [0.1, 0.15) is 11.5 Å². The van der Waals surface area contributed by atoms with E-state index in [1.807, 2.05) is 67.6 Å². The van der Waals surface area contributed by atoms with E-state index in [2.05, 4.69) is 15.5 Å². The second-order valence-electron chi connectivity index (χ2n) is 6.80. The van der Waals surface area contributed by atoms with Gasteiger partial charge in [-0.15, -0.1) is 10.2 Å². The van der Waals surface area contributed by atoms with E-state index >= 15 is 0 Å². The molecule has 7 nitrogen and oxygen atoms in total. The maximum Gasteiger partial charge on any atom is 0.277 e. The first-order valence-electron chi connectivity index (χ1n) is 9.62. The maximum absolute atomic E-state index is 12.3. The Kier molecular flexibility index (Phi) is 6.37. The van der Waals surface area contributed by atoms with Gasteiger partial charge in [0.15, 0.2) is 6.61 Å². The van der Waals surface area contributed by atoms with Gasteiger partial charge in [-0.3, -0.25) is 4.79 Å². The standard InChI is InChI=1S/C23H21N3O4S/c1-15-7-10-20(28-2)19(11-15)24-21(27)14-31-23-26-25-22(30-23)13-29-18-9-8-16-5-3-4-6-17(16)12-18/h3-12H,13-14H2,1-2H3,(H,24,27). The van der Waals surface area contributed by atoms with Crippen LogP contribution in [0.2, 0.25) is 0 Å². The number of hydrogen-bond donors (Lipinski definition) is 1. The third-order valence-corrected chi connectivity index (χ3v) is 5.31. The normalized spacial score (nSPS) is 10.8. The predicted molar refractivity (Wildman–Crippen MR) is 120 cm³/mol. The number of nitrogens with one attached hydrogen (secondary N) is 1. The molecule has 4 aromatic rings. The number of benzene rings is 3. The van der Waals surface area contributed by atoms with E-state index in [0.717, 1.165) is 33.8 Å². The molecule has 158 valence electrons. The van der Waals surface area contributed by atoms with Crippen LogP contribution in [0.4, 0.5) is 5.69 Å². The summed E-state index contributed by atoms with van der Waals surface area (Å²) in [6.45, 7) is 2.10. The van der Waals surface area contributed by atoms with Crippen LogP contribution < -0.4 is 14.8 Å². The molecule has 1 amide bonds. The van der Waals surface area contributed by atoms with Crippen molar-refractivity contribution in [1.29, 1.82) is 0 Å². The van der Waals surface area contributed by atoms with Gasteiger partial charge in [-0.2, -0.15) is 0 Å². The summed E-state index contributed by atoms with van der Waals surface area (Å²) in [4.78, 5) is 12.3. The molecule has 3 aromatic carbocycles. The van der Waals surface area contributed by atoms with Crippen LogP contribution in [0.25, 0.3) is 10.8 Å². The number of amides is 1. The molecule has 0 unspecified atom stereocenters. The van der Waals surface area contributed by atoms with E-state index in [4.69, 9.17) is 13.9 Å². The number of aromatic nitrogens is 2. The first-order chi connectivity index (χ1) is 15.1. The molecule has 0 fully saturated rings. The van der Waals surface area contributed by atoms with Crippen molar-refractivity contribution in [3.8, 4) is 11.5 Å². The van der Waals surface area contributed by atoms with Crippen molar-refractivity contribution in [3.05, 3.63) is 72.1 Å². The zero-order valence-corrected chi connectivity index (χ0v) is 17.9. The molecule has 0 aliphatic carbocycles. The Labute approximate surface area is 183 Å². The highest BCUT2D eigenvalue weighted by molar-refractivity contribution is 7.99. The molecule has 0 aliphatic rings. The quantitative estimate of drug-likeness (QED) is 0.396. The monoisotopic (exact) mass is 435 g/mol. The van der Waals surface area contributed by atoms with Crippen LogP contribution in [0.1, 0.15) is 11.5 Å². The fraction of sp³-hybridized carbons (Fsp3) is 0.174. The lowest BCUT2D eigenvalue weighted by molar-refractivity contribution is -0.113. The average molecular weight is 436 g/mol. The lowest BCUT2D eigenvalue weighted by Gasteiger charge is -2.10. The van der Waals surface area contributed by atoms with Gasteiger partial charge in [0.2, 0.25) is 5.91 Å². The molecule has 0 saturated carbocycles. The Hall–Kier alpha value is -3.52. The molecule has 0 bridgehead atoms. The summed E-state index contributed by atoms with van der Waals surface area (Å²) in [5, 5.41) is 13.3. The zero-order valence-electron chi connectivity index (χ0n) is 17.1. The molecule has 0 aliphatic heterocycles. The number of thioether (sulfide) groups is 1. The van der Waals surface area contributed by atoms with Gasteiger partial charge in [-0.25, -0.2) is 0 Å². The number of rotatable bonds is 8. The van der Waals surface area contributed by atoms with Gasteiger partial charge in [0.25, 0.3) is 11.1 Å². The number of anilines is 1. The van der Waals surface area contributed by atoms with Gasteiger partial charge >= 0.3 is 0 Å². The molecular formula is C23H21N3O4S. The van der Waals surface area contributed by atoms with Crippen LogP contribution in [-0.4, -0.2) is 29.0 Å². The minimum absolute atomic E-state index is 0.129. The number of aryl methyl sites for hydroxylation is 1. The second-order valence-corrected chi connectivity index (χ2v) is 7.73. The SMILES string of the molecule is COc1ccc(C)cc1NC(=O)CSc1nnc(COc2ccc3ccccc3c2)o1. The van der Waals surface area contributed by atoms with E-state index in [-0.39, 0.29) is 18.3 Å². The highest BCUT2D eigenvalue weighted by Crippen LogP contribution is 2.26. The minimum atomic E-state index is -0.193. The van der Waals surface area contributed by atoms with Gasteiger partial charge < -0.3 is 19.2 Å². The lowest BCUT2D eigenvalue weighted by Crippen LogP contribution is -2.14. The highest BCUT2D eigenvalue weighted by atomic mass is 32.2. The summed E-state index contributed by atoms with van der Waals surface area (Å²) in [6.07, 6.45) is 0. The molecule has 0 spiro atoms. The number of carbonyl (C=O) groups is 1. The van der Waals surface area contributed by atoms with Crippen molar-refractivity contribution < 1.29 is 18.7 Å². The topological polar surface area (TPSA) is 86.5 Å². The van der Waals surface area contributed by atoms with Crippen molar-refractivity contribution in [2.24, 2.45) is 0 Å². The first-order valence-corrected chi connectivity index (χ1v) is 10.6. The van der Waals surface area contributed by atoms with Crippen molar-refractivity contribution >= 4 is 34.1 Å². The summed E-state index contributed by atoms with van der Waals surface area (Å²) in [7, 11) is 1.56. The highest BCUT2D eigenvalue weighted by Gasteiger charge is 2.12. The predicted octanol–water partition coefficient (Wildman–Crippen LogP) is 4.85. The summed E-state index contributed by atoms with van der Waals surface area (Å²) >= 11 is 1.16. The molecular weight excluding hydrogens is 414 g/mol. The van der Waals surface area contributed by atoms with Crippen LogP contribution in [-0.2, 0) is 11.4 Å². The van der Waals surface area contributed by atoms with Crippen molar-refractivity contribution in [3.63, 3.8) is 0 Å². The van der Waals surface area contributed by atoms with Crippen molar-refractivity contribution in [2.75, 3.05) is 18.2 Å².